The number of unbranched alkanes of at least 4 members (excludes halogenated alkanes) is 1. The molecule has 0 unspecified atom stereocenters. The molecule has 2 N–H and O–H groups in total. The summed E-state index contributed by atoms with van der Waals surface area (Å²) in [5.74, 6) is 1.55. The second-order valence-corrected chi connectivity index (χ2v) is 5.59. The number of hydrogen-bond acceptors (Lipinski definition) is 2. The van der Waals surface area contributed by atoms with Crippen molar-refractivity contribution in [1.29, 1.82) is 0 Å². The first-order chi connectivity index (χ1) is 11.7. The maximum Gasteiger partial charge on any atom is 0.191 e. The molecule has 7 heteroatoms. The Kier molecular flexibility index (Phi) is 10.1. The first-order valence-corrected chi connectivity index (χ1v) is 8.44. The van der Waals surface area contributed by atoms with E-state index in [1.54, 1.807) is 12.1 Å². The Morgan fingerprint density at radius 1 is 1.24 bits per heavy atom. The van der Waals surface area contributed by atoms with E-state index < -0.39 is 0 Å². The van der Waals surface area contributed by atoms with Gasteiger partial charge in [0.15, 0.2) is 5.96 Å². The lowest BCUT2D eigenvalue weighted by Crippen LogP contribution is -2.37. The molecule has 5 nitrogen and oxygen atoms in total. The molecular weight excluding hydrogens is 432 g/mol. The van der Waals surface area contributed by atoms with Gasteiger partial charge in [0.25, 0.3) is 0 Å². The fourth-order valence-electron chi connectivity index (χ4n) is 2.39. The molecule has 25 heavy (non-hydrogen) atoms. The van der Waals surface area contributed by atoms with Gasteiger partial charge in [0.1, 0.15) is 11.6 Å². The number of nitrogens with one attached hydrogen (secondary N) is 2. The number of aromatic nitrogens is 2. The molecule has 0 aliphatic carbocycles. The van der Waals surface area contributed by atoms with Crippen molar-refractivity contribution in [2.75, 3.05) is 13.1 Å². The maximum absolute atomic E-state index is 13.6. The van der Waals surface area contributed by atoms with Crippen LogP contribution < -0.4 is 10.6 Å². The van der Waals surface area contributed by atoms with Crippen LogP contribution in [0.3, 0.4) is 0 Å². The number of hydrogen-bond donors (Lipinski definition) is 2. The van der Waals surface area contributed by atoms with Gasteiger partial charge in [-0.25, -0.2) is 14.4 Å². The van der Waals surface area contributed by atoms with Gasteiger partial charge in [-0.15, -0.1) is 24.0 Å². The molecule has 1 heterocycles. The first kappa shape index (κ1) is 21.4. The van der Waals surface area contributed by atoms with Crippen LogP contribution in [-0.4, -0.2) is 28.6 Å². The molecule has 0 radical (unpaired) electrons. The Balaban J connectivity index is 0.00000312. The molecule has 0 atom stereocenters. The molecule has 0 fully saturated rings. The van der Waals surface area contributed by atoms with Crippen molar-refractivity contribution < 1.29 is 4.39 Å². The predicted molar refractivity (Wildman–Crippen MR) is 111 cm³/mol. The zero-order valence-electron chi connectivity index (χ0n) is 14.8. The average molecular weight is 459 g/mol. The summed E-state index contributed by atoms with van der Waals surface area (Å²) in [6.07, 6.45) is 5.92. The van der Waals surface area contributed by atoms with E-state index in [1.807, 2.05) is 32.3 Å². The van der Waals surface area contributed by atoms with Crippen molar-refractivity contribution in [1.82, 2.24) is 20.2 Å². The SMILES string of the molecule is CCNC(=NCc1ccccc1F)NCCCCn1ccnc1C.I. The van der Waals surface area contributed by atoms with Gasteiger partial charge in [-0.2, -0.15) is 0 Å². The average Bonchev–Trinajstić information content (AvgIpc) is 2.98. The van der Waals surface area contributed by atoms with E-state index in [-0.39, 0.29) is 29.8 Å². The minimum Gasteiger partial charge on any atom is -0.357 e. The molecule has 0 bridgehead atoms. The summed E-state index contributed by atoms with van der Waals surface area (Å²) in [4.78, 5) is 8.66. The van der Waals surface area contributed by atoms with Crippen LogP contribution in [0.5, 0.6) is 0 Å². The number of halogens is 2. The number of rotatable bonds is 8. The second-order valence-electron chi connectivity index (χ2n) is 5.59. The number of aryl methyl sites for hydroxylation is 2. The van der Waals surface area contributed by atoms with Gasteiger partial charge < -0.3 is 15.2 Å². The largest absolute Gasteiger partial charge is 0.357 e. The number of imidazole rings is 1. The van der Waals surface area contributed by atoms with E-state index in [9.17, 15) is 4.39 Å². The molecule has 0 aliphatic rings. The van der Waals surface area contributed by atoms with Gasteiger partial charge in [0, 0.05) is 37.6 Å². The molecule has 0 amide bonds. The summed E-state index contributed by atoms with van der Waals surface area (Å²) in [5.41, 5.74) is 0.602. The number of aliphatic imine (C=N–C) groups is 1. The van der Waals surface area contributed by atoms with E-state index in [0.717, 1.165) is 44.3 Å². The third-order valence-corrected chi connectivity index (χ3v) is 3.75. The predicted octanol–water partition coefficient (Wildman–Crippen LogP) is 3.48. The third kappa shape index (κ3) is 7.41. The minimum atomic E-state index is -0.215. The molecule has 0 spiro atoms. The van der Waals surface area contributed by atoms with Crippen LogP contribution in [0.1, 0.15) is 31.2 Å². The maximum atomic E-state index is 13.6. The minimum absolute atomic E-state index is 0. The van der Waals surface area contributed by atoms with Crippen molar-refractivity contribution in [3.05, 3.63) is 53.9 Å². The molecule has 0 saturated heterocycles. The Bertz CT molecular complexity index is 656. The van der Waals surface area contributed by atoms with Crippen LogP contribution in [0, 0.1) is 12.7 Å². The highest BCUT2D eigenvalue weighted by Gasteiger charge is 2.02. The molecular formula is C18H27FIN5. The van der Waals surface area contributed by atoms with Crippen LogP contribution in [0.25, 0.3) is 0 Å². The normalized spacial score (nSPS) is 11.1. The summed E-state index contributed by atoms with van der Waals surface area (Å²) in [7, 11) is 0. The van der Waals surface area contributed by atoms with Crippen LogP contribution in [0.4, 0.5) is 4.39 Å². The summed E-state index contributed by atoms with van der Waals surface area (Å²) in [6.45, 7) is 6.93. The number of benzene rings is 1. The monoisotopic (exact) mass is 459 g/mol. The highest BCUT2D eigenvalue weighted by atomic mass is 127. The van der Waals surface area contributed by atoms with E-state index in [4.69, 9.17) is 0 Å². The molecule has 2 rings (SSSR count). The fraction of sp³-hybridized carbons (Fsp3) is 0.444. The molecule has 2 aromatic rings. The molecule has 0 saturated carbocycles. The van der Waals surface area contributed by atoms with Crippen molar-refractivity contribution in [3.8, 4) is 0 Å². The summed E-state index contributed by atoms with van der Waals surface area (Å²) in [5, 5.41) is 6.48. The van der Waals surface area contributed by atoms with E-state index in [1.165, 1.54) is 6.07 Å². The Labute approximate surface area is 166 Å². The molecule has 1 aromatic carbocycles. The van der Waals surface area contributed by atoms with Crippen LogP contribution in [0.2, 0.25) is 0 Å². The molecule has 0 aliphatic heterocycles. The Morgan fingerprint density at radius 2 is 2.04 bits per heavy atom. The molecule has 138 valence electrons. The standard InChI is InChI=1S/C18H26FN5.HI/c1-3-20-18(23-14-16-8-4-5-9-17(16)19)22-10-6-7-12-24-13-11-21-15(24)2;/h4-5,8-9,11,13H,3,6-7,10,12,14H2,1-2H3,(H2,20,22,23);1H. The first-order valence-electron chi connectivity index (χ1n) is 8.44. The van der Waals surface area contributed by atoms with Gasteiger partial charge in [0.05, 0.1) is 6.54 Å². The Hall–Kier alpha value is -1.64. The van der Waals surface area contributed by atoms with Crippen molar-refractivity contribution >= 4 is 29.9 Å². The van der Waals surface area contributed by atoms with Crippen LogP contribution in [-0.2, 0) is 13.1 Å². The summed E-state index contributed by atoms with van der Waals surface area (Å²) < 4.78 is 15.8. The van der Waals surface area contributed by atoms with Crippen LogP contribution in [0.15, 0.2) is 41.7 Å². The van der Waals surface area contributed by atoms with E-state index in [2.05, 4.69) is 25.2 Å². The zero-order valence-corrected chi connectivity index (χ0v) is 17.2. The van der Waals surface area contributed by atoms with Gasteiger partial charge in [-0.3, -0.25) is 0 Å². The van der Waals surface area contributed by atoms with Crippen molar-refractivity contribution in [3.63, 3.8) is 0 Å². The Morgan fingerprint density at radius 3 is 2.72 bits per heavy atom. The number of guanidine groups is 1. The lowest BCUT2D eigenvalue weighted by Gasteiger charge is -2.11. The molecule has 1 aromatic heterocycles. The number of nitrogens with zero attached hydrogens (tertiary/aromatic N) is 3. The zero-order chi connectivity index (χ0) is 17.2. The van der Waals surface area contributed by atoms with Gasteiger partial charge in [-0.1, -0.05) is 18.2 Å². The van der Waals surface area contributed by atoms with Gasteiger partial charge in [-0.05, 0) is 32.8 Å². The summed E-state index contributed by atoms with van der Waals surface area (Å²) >= 11 is 0. The van der Waals surface area contributed by atoms with Crippen molar-refractivity contribution in [2.24, 2.45) is 4.99 Å². The highest BCUT2D eigenvalue weighted by molar-refractivity contribution is 14.0. The lowest BCUT2D eigenvalue weighted by molar-refractivity contribution is 0.587. The smallest absolute Gasteiger partial charge is 0.191 e. The van der Waals surface area contributed by atoms with Crippen molar-refractivity contribution in [2.45, 2.75) is 39.8 Å². The fourth-order valence-corrected chi connectivity index (χ4v) is 2.39. The van der Waals surface area contributed by atoms with Gasteiger partial charge >= 0.3 is 0 Å². The second kappa shape index (κ2) is 11.8. The van der Waals surface area contributed by atoms with Gasteiger partial charge in [0.2, 0.25) is 0 Å². The quantitative estimate of drug-likeness (QED) is 0.275. The summed E-state index contributed by atoms with van der Waals surface area (Å²) in [6, 6.07) is 6.74. The topological polar surface area (TPSA) is 54.2 Å². The van der Waals surface area contributed by atoms with E-state index in [0.29, 0.717) is 12.1 Å². The highest BCUT2D eigenvalue weighted by Crippen LogP contribution is 2.07. The lowest BCUT2D eigenvalue weighted by atomic mass is 10.2. The van der Waals surface area contributed by atoms with E-state index >= 15 is 0 Å². The third-order valence-electron chi connectivity index (χ3n) is 3.75. The van der Waals surface area contributed by atoms with Crippen LogP contribution >= 0.6 is 24.0 Å².